The van der Waals surface area contributed by atoms with Crippen LogP contribution in [0.5, 0.6) is 0 Å². The Kier molecular flexibility index (Phi) is 8.87. The highest BCUT2D eigenvalue weighted by Crippen LogP contribution is 2.45. The van der Waals surface area contributed by atoms with E-state index in [4.69, 9.17) is 0 Å². The van der Waals surface area contributed by atoms with Crippen LogP contribution in [0.1, 0.15) is 0 Å². The van der Waals surface area contributed by atoms with Gasteiger partial charge >= 0.3 is 0 Å². The van der Waals surface area contributed by atoms with E-state index in [0.29, 0.717) is 0 Å². The maximum atomic E-state index is 2.48. The number of rotatable bonds is 8. The van der Waals surface area contributed by atoms with Crippen LogP contribution in [0.25, 0.3) is 82.8 Å². The summed E-state index contributed by atoms with van der Waals surface area (Å²) in [6.45, 7) is 0. The summed E-state index contributed by atoms with van der Waals surface area (Å²) in [6, 6.07) is 88.0. The lowest BCUT2D eigenvalue weighted by atomic mass is 9.99. The molecule has 0 aliphatic heterocycles. The summed E-state index contributed by atoms with van der Waals surface area (Å²) >= 11 is 0. The molecule has 0 aliphatic carbocycles. The van der Waals surface area contributed by atoms with Crippen LogP contribution >= 0.6 is 0 Å². The molecule has 1 heterocycles. The summed E-state index contributed by atoms with van der Waals surface area (Å²) in [5, 5.41) is 4.86. The van der Waals surface area contributed by atoms with Gasteiger partial charge in [-0.15, -0.1) is 0 Å². The number of anilines is 3. The van der Waals surface area contributed by atoms with E-state index in [-0.39, 0.29) is 0 Å². The molecule has 282 valence electrons. The molecule has 1 aromatic heterocycles. The van der Waals surface area contributed by atoms with E-state index in [1.807, 2.05) is 0 Å². The molecule has 0 N–H and O–H groups in total. The molecule has 0 aliphatic rings. The standard InChI is InChI=1S/C58H40N2/c1-4-18-41(19-5-1)45-34-36-52-53-37-35-46(42-20-6-2-7-21-42)40-58(53)60(57(52)39-45)56-32-15-13-30-51(56)47-26-16-27-48(38-47)59(55-33-17-25-44-24-10-11-28-50(44)55)54-31-14-12-29-49(54)43-22-8-3-9-23-43/h1-40H. The predicted molar refractivity (Wildman–Crippen MR) is 255 cm³/mol. The first-order valence-corrected chi connectivity index (χ1v) is 20.6. The van der Waals surface area contributed by atoms with Crippen LogP contribution < -0.4 is 4.90 Å². The fourth-order valence-corrected chi connectivity index (χ4v) is 8.97. The molecule has 0 saturated carbocycles. The Balaban J connectivity index is 1.14. The fourth-order valence-electron chi connectivity index (χ4n) is 8.97. The van der Waals surface area contributed by atoms with Gasteiger partial charge in [0.15, 0.2) is 0 Å². The number of hydrogen-bond donors (Lipinski definition) is 0. The molecule has 10 aromatic carbocycles. The Bertz CT molecular complexity index is 3210. The van der Waals surface area contributed by atoms with Crippen molar-refractivity contribution in [3.63, 3.8) is 0 Å². The van der Waals surface area contributed by atoms with Gasteiger partial charge in [-0.25, -0.2) is 0 Å². The molecule has 0 radical (unpaired) electrons. The van der Waals surface area contributed by atoms with Gasteiger partial charge in [0.2, 0.25) is 0 Å². The van der Waals surface area contributed by atoms with E-state index in [1.165, 1.54) is 66.0 Å². The van der Waals surface area contributed by atoms with E-state index in [9.17, 15) is 0 Å². The van der Waals surface area contributed by atoms with Gasteiger partial charge in [-0.1, -0.05) is 200 Å². The molecule has 0 saturated heterocycles. The number of para-hydroxylation sites is 2. The molecule has 0 unspecified atom stereocenters. The van der Waals surface area contributed by atoms with E-state index in [0.717, 1.165) is 33.9 Å². The fraction of sp³-hybridized carbons (Fsp3) is 0. The van der Waals surface area contributed by atoms with Gasteiger partial charge in [-0.2, -0.15) is 0 Å². The van der Waals surface area contributed by atoms with Crippen molar-refractivity contribution in [2.75, 3.05) is 4.90 Å². The van der Waals surface area contributed by atoms with Crippen molar-refractivity contribution in [2.45, 2.75) is 0 Å². The molecular weight excluding hydrogens is 725 g/mol. The zero-order chi connectivity index (χ0) is 39.8. The third-order valence-electron chi connectivity index (χ3n) is 11.8. The summed E-state index contributed by atoms with van der Waals surface area (Å²) in [4.78, 5) is 2.44. The zero-order valence-corrected chi connectivity index (χ0v) is 33.0. The van der Waals surface area contributed by atoms with Gasteiger partial charge in [0.05, 0.1) is 28.1 Å². The second kappa shape index (κ2) is 15.1. The van der Waals surface area contributed by atoms with Crippen molar-refractivity contribution >= 4 is 49.6 Å². The van der Waals surface area contributed by atoms with Gasteiger partial charge in [-0.05, 0) is 81.2 Å². The zero-order valence-electron chi connectivity index (χ0n) is 33.0. The molecular formula is C58H40N2. The summed E-state index contributed by atoms with van der Waals surface area (Å²) in [7, 11) is 0. The maximum absolute atomic E-state index is 2.48. The molecule has 0 fully saturated rings. The van der Waals surface area contributed by atoms with Crippen molar-refractivity contribution in [1.29, 1.82) is 0 Å². The molecule has 0 spiro atoms. The van der Waals surface area contributed by atoms with E-state index < -0.39 is 0 Å². The van der Waals surface area contributed by atoms with Crippen LogP contribution in [0.15, 0.2) is 243 Å². The Labute approximate surface area is 350 Å². The molecule has 2 heteroatoms. The minimum absolute atomic E-state index is 1.09. The average Bonchev–Trinajstić information content (AvgIpc) is 3.65. The van der Waals surface area contributed by atoms with Gasteiger partial charge in [0.1, 0.15) is 0 Å². The van der Waals surface area contributed by atoms with Crippen molar-refractivity contribution in [2.24, 2.45) is 0 Å². The maximum Gasteiger partial charge on any atom is 0.0547 e. The average molecular weight is 765 g/mol. The van der Waals surface area contributed by atoms with Crippen LogP contribution in [0.2, 0.25) is 0 Å². The van der Waals surface area contributed by atoms with Crippen LogP contribution in [0, 0.1) is 0 Å². The molecule has 11 aromatic rings. The van der Waals surface area contributed by atoms with Gasteiger partial charge < -0.3 is 9.47 Å². The highest BCUT2D eigenvalue weighted by molar-refractivity contribution is 6.12. The highest BCUT2D eigenvalue weighted by atomic mass is 15.1. The third-order valence-corrected chi connectivity index (χ3v) is 11.8. The van der Waals surface area contributed by atoms with Gasteiger partial charge in [0, 0.05) is 33.0 Å². The second-order valence-corrected chi connectivity index (χ2v) is 15.3. The predicted octanol–water partition coefficient (Wildman–Crippen LogP) is 16.1. The van der Waals surface area contributed by atoms with Crippen molar-refractivity contribution in [1.82, 2.24) is 4.57 Å². The third kappa shape index (κ3) is 6.23. The van der Waals surface area contributed by atoms with Crippen molar-refractivity contribution in [3.05, 3.63) is 243 Å². The first-order chi connectivity index (χ1) is 29.8. The highest BCUT2D eigenvalue weighted by Gasteiger charge is 2.21. The van der Waals surface area contributed by atoms with Gasteiger partial charge in [0.25, 0.3) is 0 Å². The number of aromatic nitrogens is 1. The minimum Gasteiger partial charge on any atom is -0.309 e. The Morgan fingerprint density at radius 3 is 1.47 bits per heavy atom. The first kappa shape index (κ1) is 35.2. The quantitative estimate of drug-likeness (QED) is 0.150. The van der Waals surface area contributed by atoms with E-state index in [2.05, 4.69) is 252 Å². The van der Waals surface area contributed by atoms with E-state index in [1.54, 1.807) is 0 Å². The summed E-state index contributed by atoms with van der Waals surface area (Å²) in [5.74, 6) is 0. The van der Waals surface area contributed by atoms with Gasteiger partial charge in [-0.3, -0.25) is 0 Å². The van der Waals surface area contributed by atoms with E-state index >= 15 is 0 Å². The first-order valence-electron chi connectivity index (χ1n) is 20.6. The van der Waals surface area contributed by atoms with Crippen molar-refractivity contribution in [3.8, 4) is 50.2 Å². The minimum atomic E-state index is 1.09. The van der Waals surface area contributed by atoms with Crippen molar-refractivity contribution < 1.29 is 0 Å². The molecule has 0 amide bonds. The summed E-state index contributed by atoms with van der Waals surface area (Å²) in [6.07, 6.45) is 0. The Morgan fingerprint density at radius 1 is 0.283 bits per heavy atom. The lowest BCUT2D eigenvalue weighted by Crippen LogP contribution is -2.12. The van der Waals surface area contributed by atoms with Crippen LogP contribution in [0.4, 0.5) is 17.1 Å². The summed E-state index contributed by atoms with van der Waals surface area (Å²) in [5.41, 5.74) is 16.2. The largest absolute Gasteiger partial charge is 0.309 e. The monoisotopic (exact) mass is 764 g/mol. The number of fused-ring (bicyclic) bond motifs is 4. The molecule has 0 bridgehead atoms. The lowest BCUT2D eigenvalue weighted by molar-refractivity contribution is 1.18. The SMILES string of the molecule is c1ccc(-c2ccc3c4ccc(-c5ccccc5)cc4n(-c4ccccc4-c4cccc(N(c5ccccc5-c5ccccc5)c5cccc6ccccc56)c4)c3c2)cc1. The smallest absolute Gasteiger partial charge is 0.0547 e. The number of benzene rings is 10. The summed E-state index contributed by atoms with van der Waals surface area (Å²) < 4.78 is 2.48. The molecule has 11 rings (SSSR count). The van der Waals surface area contributed by atoms with Crippen LogP contribution in [0.3, 0.4) is 0 Å². The molecule has 60 heavy (non-hydrogen) atoms. The number of hydrogen-bond acceptors (Lipinski definition) is 1. The number of nitrogens with zero attached hydrogens (tertiary/aromatic N) is 2. The second-order valence-electron chi connectivity index (χ2n) is 15.3. The topological polar surface area (TPSA) is 8.17 Å². The molecule has 2 nitrogen and oxygen atoms in total. The molecule has 0 atom stereocenters. The van der Waals surface area contributed by atoms with Crippen LogP contribution in [-0.4, -0.2) is 4.57 Å². The Hall–Kier alpha value is -7.94. The lowest BCUT2D eigenvalue weighted by Gasteiger charge is -2.29. The normalized spacial score (nSPS) is 11.3. The Morgan fingerprint density at radius 2 is 0.783 bits per heavy atom. The van der Waals surface area contributed by atoms with Crippen LogP contribution in [-0.2, 0) is 0 Å².